The van der Waals surface area contributed by atoms with Crippen molar-refractivity contribution in [2.45, 2.75) is 19.9 Å². The molecule has 308 valence electrons. The molecule has 0 bridgehead atoms. The molecule has 3 heterocycles. The highest BCUT2D eigenvalue weighted by Gasteiger charge is 2.31. The molecule has 4 nitrogen and oxygen atoms in total. The number of fused-ring (bicyclic) bond motifs is 9. The van der Waals surface area contributed by atoms with Gasteiger partial charge in [0.15, 0.2) is 0 Å². The van der Waals surface area contributed by atoms with E-state index in [4.69, 9.17) is 13.8 Å². The van der Waals surface area contributed by atoms with Gasteiger partial charge in [-0.05, 0) is 115 Å². The molecule has 0 aliphatic carbocycles. The number of amidine groups is 1. The molecular weight excluding hydrogens is 793 g/mol. The van der Waals surface area contributed by atoms with Crippen molar-refractivity contribution in [2.75, 3.05) is 0 Å². The number of para-hydroxylation sites is 2. The lowest BCUT2D eigenvalue weighted by Crippen LogP contribution is -2.32. The first-order valence-corrected chi connectivity index (χ1v) is 22.5. The first-order valence-electron chi connectivity index (χ1n) is 22.5. The summed E-state index contributed by atoms with van der Waals surface area (Å²) in [6, 6.07) is 71.6. The van der Waals surface area contributed by atoms with Crippen LogP contribution in [0.25, 0.3) is 104 Å². The number of nitrogens with one attached hydrogen (secondary N) is 1. The first kappa shape index (κ1) is 37.4. The predicted octanol–water partition coefficient (Wildman–Crippen LogP) is 16.4. The summed E-state index contributed by atoms with van der Waals surface area (Å²) in [5, 5.41) is 15.7. The van der Waals surface area contributed by atoms with Crippen molar-refractivity contribution < 1.29 is 8.83 Å². The number of nitrogens with zero attached hydrogens (tertiary/aromatic N) is 1. The van der Waals surface area contributed by atoms with Crippen molar-refractivity contribution >= 4 is 87.7 Å². The van der Waals surface area contributed by atoms with E-state index >= 15 is 0 Å². The SMILES string of the molecule is CC1=C(c2ccc3ccccc3c2)N=C(c2cccc3oc4ccccc4c23)NC(c2ccc(-c3cc(-c4ccc5ccccc5c4)cc4oc5ccccc5c34)c3ccccc23)C1C. The van der Waals surface area contributed by atoms with Crippen LogP contribution in [0.1, 0.15) is 36.6 Å². The lowest BCUT2D eigenvalue weighted by molar-refractivity contribution is 0.502. The van der Waals surface area contributed by atoms with Gasteiger partial charge < -0.3 is 14.2 Å². The van der Waals surface area contributed by atoms with E-state index < -0.39 is 0 Å². The van der Waals surface area contributed by atoms with E-state index in [2.05, 4.69) is 207 Å². The minimum absolute atomic E-state index is 0.0630. The molecule has 0 radical (unpaired) electrons. The molecule has 1 aliphatic heterocycles. The maximum Gasteiger partial charge on any atom is 0.136 e. The Kier molecular flexibility index (Phi) is 8.44. The summed E-state index contributed by atoms with van der Waals surface area (Å²) in [6.45, 7) is 4.61. The lowest BCUT2D eigenvalue weighted by Gasteiger charge is -2.28. The van der Waals surface area contributed by atoms with Crippen molar-refractivity contribution in [1.29, 1.82) is 0 Å². The van der Waals surface area contributed by atoms with E-state index in [1.165, 1.54) is 43.5 Å². The third-order valence-corrected chi connectivity index (χ3v) is 13.9. The molecule has 65 heavy (non-hydrogen) atoms. The zero-order valence-corrected chi connectivity index (χ0v) is 36.0. The Labute approximate surface area is 375 Å². The topological polar surface area (TPSA) is 50.7 Å². The summed E-state index contributed by atoms with van der Waals surface area (Å²) in [7, 11) is 0. The summed E-state index contributed by atoms with van der Waals surface area (Å²) < 4.78 is 13.1. The van der Waals surface area contributed by atoms with Gasteiger partial charge >= 0.3 is 0 Å². The Morgan fingerprint density at radius 1 is 0.415 bits per heavy atom. The van der Waals surface area contributed by atoms with Gasteiger partial charge in [0, 0.05) is 38.6 Å². The fourth-order valence-corrected chi connectivity index (χ4v) is 10.5. The van der Waals surface area contributed by atoms with Crippen LogP contribution < -0.4 is 5.32 Å². The van der Waals surface area contributed by atoms with Crippen LogP contribution in [-0.4, -0.2) is 5.84 Å². The Morgan fingerprint density at radius 2 is 0.985 bits per heavy atom. The number of furan rings is 2. The molecule has 0 amide bonds. The van der Waals surface area contributed by atoms with E-state index in [0.29, 0.717) is 0 Å². The van der Waals surface area contributed by atoms with E-state index in [1.54, 1.807) is 0 Å². The molecule has 4 heteroatoms. The van der Waals surface area contributed by atoms with Gasteiger partial charge in [-0.1, -0.05) is 165 Å². The number of hydrogen-bond donors (Lipinski definition) is 1. The third-order valence-electron chi connectivity index (χ3n) is 13.9. The third kappa shape index (κ3) is 6.02. The lowest BCUT2D eigenvalue weighted by atomic mass is 9.83. The van der Waals surface area contributed by atoms with Crippen LogP contribution in [0.3, 0.4) is 0 Å². The zero-order chi connectivity index (χ0) is 43.2. The Morgan fingerprint density at radius 3 is 1.71 bits per heavy atom. The van der Waals surface area contributed by atoms with E-state index in [1.807, 2.05) is 12.1 Å². The first-order chi connectivity index (χ1) is 32.0. The largest absolute Gasteiger partial charge is 0.456 e. The molecule has 2 unspecified atom stereocenters. The highest BCUT2D eigenvalue weighted by Crippen LogP contribution is 2.46. The van der Waals surface area contributed by atoms with Crippen molar-refractivity contribution in [3.05, 3.63) is 222 Å². The fraction of sp³-hybridized carbons (Fsp3) is 0.0656. The van der Waals surface area contributed by atoms with Gasteiger partial charge in [-0.3, -0.25) is 0 Å². The predicted molar refractivity (Wildman–Crippen MR) is 271 cm³/mol. The molecule has 1 N–H and O–H groups in total. The number of benzene rings is 10. The van der Waals surface area contributed by atoms with Crippen LogP contribution in [-0.2, 0) is 0 Å². The molecule has 0 spiro atoms. The van der Waals surface area contributed by atoms with Crippen LogP contribution in [0.4, 0.5) is 0 Å². The van der Waals surface area contributed by atoms with Crippen molar-refractivity contribution in [2.24, 2.45) is 10.9 Å². The van der Waals surface area contributed by atoms with Crippen LogP contribution >= 0.6 is 0 Å². The summed E-state index contributed by atoms with van der Waals surface area (Å²) in [4.78, 5) is 5.66. The molecule has 2 atom stereocenters. The van der Waals surface area contributed by atoms with Crippen molar-refractivity contribution in [3.8, 4) is 22.3 Å². The molecular formula is C61H42N2O2. The minimum Gasteiger partial charge on any atom is -0.456 e. The zero-order valence-electron chi connectivity index (χ0n) is 36.0. The molecule has 1 aliphatic rings. The number of hydrogen-bond acceptors (Lipinski definition) is 4. The van der Waals surface area contributed by atoms with Gasteiger partial charge in [0.25, 0.3) is 0 Å². The molecule has 13 rings (SSSR count). The van der Waals surface area contributed by atoms with Crippen LogP contribution in [0.15, 0.2) is 220 Å². The summed E-state index contributed by atoms with van der Waals surface area (Å²) in [5.41, 5.74) is 13.6. The smallest absolute Gasteiger partial charge is 0.136 e. The molecule has 2 aromatic heterocycles. The number of rotatable bonds is 5. The second kappa shape index (κ2) is 14.7. The molecule has 10 aromatic carbocycles. The van der Waals surface area contributed by atoms with Gasteiger partial charge in [-0.25, -0.2) is 4.99 Å². The average molecular weight is 835 g/mol. The van der Waals surface area contributed by atoms with Crippen molar-refractivity contribution in [1.82, 2.24) is 5.32 Å². The van der Waals surface area contributed by atoms with Gasteiger partial charge in [0.1, 0.15) is 28.2 Å². The molecule has 0 saturated carbocycles. The van der Waals surface area contributed by atoms with E-state index in [9.17, 15) is 0 Å². The fourth-order valence-electron chi connectivity index (χ4n) is 10.5. The second-order valence-corrected chi connectivity index (χ2v) is 17.5. The van der Waals surface area contributed by atoms with Crippen LogP contribution in [0.2, 0.25) is 0 Å². The van der Waals surface area contributed by atoms with Crippen LogP contribution in [0.5, 0.6) is 0 Å². The Hall–Kier alpha value is -8.21. The standard InChI is InChI=1S/C61H42N2O2/c1-36-37(2)60(63-61(62-59(36)43-29-27-39-15-4-6-17-41(39)33-43)51-22-13-25-55-57(51)49-20-9-11-23-53(49)64-55)48-31-30-47(45-18-7-8-19-46(45)48)52-34-44(42-28-26-38-14-3-5-16-40(38)32-42)35-56-58(52)50-21-10-12-24-54(50)65-56/h3-35,37,60H,1-2H3,(H,62,63). The summed E-state index contributed by atoms with van der Waals surface area (Å²) in [5.74, 6) is 0.884. The maximum absolute atomic E-state index is 6.68. The molecule has 0 fully saturated rings. The Bertz CT molecular complexity index is 3980. The van der Waals surface area contributed by atoms with Gasteiger partial charge in [-0.15, -0.1) is 0 Å². The van der Waals surface area contributed by atoms with Crippen LogP contribution in [0, 0.1) is 5.92 Å². The summed E-state index contributed by atoms with van der Waals surface area (Å²) in [6.07, 6.45) is 0. The minimum atomic E-state index is -0.127. The van der Waals surface area contributed by atoms with E-state index in [-0.39, 0.29) is 12.0 Å². The normalized spacial score (nSPS) is 15.7. The monoisotopic (exact) mass is 834 g/mol. The summed E-state index contributed by atoms with van der Waals surface area (Å²) >= 11 is 0. The average Bonchev–Trinajstić information content (AvgIpc) is 3.90. The second-order valence-electron chi connectivity index (χ2n) is 17.5. The molecule has 0 saturated heterocycles. The molecule has 12 aromatic rings. The van der Waals surface area contributed by atoms with Gasteiger partial charge in [-0.2, -0.15) is 0 Å². The van der Waals surface area contributed by atoms with E-state index in [0.717, 1.165) is 88.8 Å². The van der Waals surface area contributed by atoms with Crippen molar-refractivity contribution in [3.63, 3.8) is 0 Å². The maximum atomic E-state index is 6.68. The highest BCUT2D eigenvalue weighted by molar-refractivity contribution is 6.20. The Balaban J connectivity index is 1.02. The number of aliphatic imine (C=N–C) groups is 1. The van der Waals surface area contributed by atoms with Gasteiger partial charge in [0.05, 0.1) is 11.7 Å². The highest BCUT2D eigenvalue weighted by atomic mass is 16.3. The quantitative estimate of drug-likeness (QED) is 0.188. The van der Waals surface area contributed by atoms with Gasteiger partial charge in [0.2, 0.25) is 0 Å².